The van der Waals surface area contributed by atoms with Crippen LogP contribution in [0.3, 0.4) is 0 Å². The van der Waals surface area contributed by atoms with Crippen LogP contribution >= 0.6 is 0 Å². The Morgan fingerprint density at radius 1 is 0.846 bits per heavy atom. The van der Waals surface area contributed by atoms with Gasteiger partial charge in [0.1, 0.15) is 0 Å². The molecule has 0 aliphatic rings. The standard InChI is InChI=1S/C8H6O4.Ca.2H/c9-7(10)5-1-2-6(4-3-5)8(11)12;;;/h1-4H,(H,9,10)(H,11,12);;;. The molecule has 0 aliphatic carbocycles. The summed E-state index contributed by atoms with van der Waals surface area (Å²) in [4.78, 5) is 20.7. The molecule has 0 fully saturated rings. The van der Waals surface area contributed by atoms with E-state index in [1.807, 2.05) is 0 Å². The molecule has 0 heterocycles. The number of carbonyl (C=O) groups is 2. The minimum atomic E-state index is -1.06. The molecule has 0 bridgehead atoms. The molecule has 4 nitrogen and oxygen atoms in total. The molecule has 1 aromatic rings. The van der Waals surface area contributed by atoms with Crippen LogP contribution in [0.25, 0.3) is 0 Å². The van der Waals surface area contributed by atoms with Gasteiger partial charge in [-0.25, -0.2) is 9.59 Å². The number of rotatable bonds is 2. The number of carboxylic acid groups (broad SMARTS) is 2. The Morgan fingerprint density at radius 3 is 1.23 bits per heavy atom. The summed E-state index contributed by atoms with van der Waals surface area (Å²) in [5.74, 6) is -2.13. The van der Waals surface area contributed by atoms with E-state index >= 15 is 0 Å². The van der Waals surface area contributed by atoms with Crippen molar-refractivity contribution < 1.29 is 19.8 Å². The van der Waals surface area contributed by atoms with Gasteiger partial charge < -0.3 is 10.2 Å². The van der Waals surface area contributed by atoms with E-state index in [2.05, 4.69) is 0 Å². The Balaban J connectivity index is 0.00000144. The van der Waals surface area contributed by atoms with E-state index in [1.54, 1.807) is 0 Å². The Labute approximate surface area is 104 Å². The van der Waals surface area contributed by atoms with Gasteiger partial charge in [0.2, 0.25) is 0 Å². The van der Waals surface area contributed by atoms with Gasteiger partial charge in [-0.2, -0.15) is 0 Å². The second kappa shape index (κ2) is 5.21. The van der Waals surface area contributed by atoms with Crippen molar-refractivity contribution in [3.8, 4) is 0 Å². The third-order valence-electron chi connectivity index (χ3n) is 1.38. The number of hydrogen-bond acceptors (Lipinski definition) is 2. The van der Waals surface area contributed by atoms with E-state index in [4.69, 9.17) is 10.2 Å². The summed E-state index contributed by atoms with van der Waals surface area (Å²) in [6.07, 6.45) is 0. The number of benzene rings is 1. The molecule has 0 saturated carbocycles. The second-order valence-electron chi connectivity index (χ2n) is 2.19. The summed E-state index contributed by atoms with van der Waals surface area (Å²) in [6.45, 7) is 0. The SMILES string of the molecule is O=C(O)c1ccc(C(=O)O)cc1.[CaH2]. The monoisotopic (exact) mass is 208 g/mol. The van der Waals surface area contributed by atoms with Crippen LogP contribution in [-0.2, 0) is 0 Å². The van der Waals surface area contributed by atoms with Crippen LogP contribution in [0.4, 0.5) is 0 Å². The Hall–Kier alpha value is -0.580. The Kier molecular flexibility index (Phi) is 4.98. The molecule has 1 rings (SSSR count). The van der Waals surface area contributed by atoms with Gasteiger partial charge in [-0.05, 0) is 24.3 Å². The number of hydrogen-bond donors (Lipinski definition) is 2. The molecule has 0 radical (unpaired) electrons. The van der Waals surface area contributed by atoms with Gasteiger partial charge in [-0.15, -0.1) is 0 Å². The van der Waals surface area contributed by atoms with Crippen LogP contribution in [-0.4, -0.2) is 59.9 Å². The maximum atomic E-state index is 10.3. The summed E-state index contributed by atoms with van der Waals surface area (Å²) < 4.78 is 0. The topological polar surface area (TPSA) is 74.6 Å². The van der Waals surface area contributed by atoms with Crippen molar-refractivity contribution in [3.05, 3.63) is 35.4 Å². The van der Waals surface area contributed by atoms with Gasteiger partial charge in [0, 0.05) is 0 Å². The van der Waals surface area contributed by atoms with Crippen molar-refractivity contribution in [2.24, 2.45) is 0 Å². The first-order valence-electron chi connectivity index (χ1n) is 3.18. The van der Waals surface area contributed by atoms with E-state index in [0.717, 1.165) is 0 Å². The molecular formula is C8H8CaO4. The molecule has 0 unspecified atom stereocenters. The average Bonchev–Trinajstić information content (AvgIpc) is 2.04. The normalized spacial score (nSPS) is 8.62. The summed E-state index contributed by atoms with van der Waals surface area (Å²) in [7, 11) is 0. The molecule has 5 heteroatoms. The molecule has 0 aliphatic heterocycles. The van der Waals surface area contributed by atoms with E-state index in [9.17, 15) is 9.59 Å². The average molecular weight is 208 g/mol. The van der Waals surface area contributed by atoms with E-state index in [1.165, 1.54) is 24.3 Å². The van der Waals surface area contributed by atoms with Gasteiger partial charge in [0.15, 0.2) is 0 Å². The minimum absolute atomic E-state index is 0. The van der Waals surface area contributed by atoms with Crippen molar-refractivity contribution >= 4 is 49.7 Å². The van der Waals surface area contributed by atoms with Gasteiger partial charge in [0.25, 0.3) is 0 Å². The molecule has 1 aromatic carbocycles. The molecule has 13 heavy (non-hydrogen) atoms. The quantitative estimate of drug-likeness (QED) is 0.679. The van der Waals surface area contributed by atoms with Crippen molar-refractivity contribution in [1.82, 2.24) is 0 Å². The van der Waals surface area contributed by atoms with Crippen LogP contribution in [0.5, 0.6) is 0 Å². The molecule has 0 aromatic heterocycles. The molecule has 66 valence electrons. The molecule has 0 amide bonds. The van der Waals surface area contributed by atoms with Gasteiger partial charge in [0.05, 0.1) is 11.1 Å². The van der Waals surface area contributed by atoms with E-state index in [-0.39, 0.29) is 48.9 Å². The summed E-state index contributed by atoms with van der Waals surface area (Å²) >= 11 is 0. The first-order chi connectivity index (χ1) is 5.61. The Bertz CT molecular complexity index is 284. The zero-order chi connectivity index (χ0) is 9.14. The first kappa shape index (κ1) is 12.4. The third-order valence-corrected chi connectivity index (χ3v) is 1.38. The van der Waals surface area contributed by atoms with E-state index in [0.29, 0.717) is 0 Å². The Morgan fingerprint density at radius 2 is 1.08 bits per heavy atom. The molecule has 0 atom stereocenters. The fourth-order valence-electron chi connectivity index (χ4n) is 0.755. The molecule has 0 saturated heterocycles. The van der Waals surface area contributed by atoms with Crippen molar-refractivity contribution in [1.29, 1.82) is 0 Å². The van der Waals surface area contributed by atoms with Crippen molar-refractivity contribution in [3.63, 3.8) is 0 Å². The zero-order valence-electron chi connectivity index (χ0n) is 6.02. The summed E-state index contributed by atoms with van der Waals surface area (Å²) in [6, 6.07) is 5.02. The first-order valence-corrected chi connectivity index (χ1v) is 3.18. The van der Waals surface area contributed by atoms with Crippen molar-refractivity contribution in [2.75, 3.05) is 0 Å². The maximum absolute atomic E-state index is 10.3. The third kappa shape index (κ3) is 3.34. The van der Waals surface area contributed by atoms with Crippen LogP contribution in [0.2, 0.25) is 0 Å². The van der Waals surface area contributed by atoms with Crippen LogP contribution in [0, 0.1) is 0 Å². The van der Waals surface area contributed by atoms with Crippen LogP contribution in [0.15, 0.2) is 24.3 Å². The van der Waals surface area contributed by atoms with Gasteiger partial charge in [-0.1, -0.05) is 0 Å². The fraction of sp³-hybridized carbons (Fsp3) is 0. The summed E-state index contributed by atoms with van der Waals surface area (Å²) in [5.41, 5.74) is 0.167. The van der Waals surface area contributed by atoms with E-state index < -0.39 is 11.9 Å². The predicted molar refractivity (Wildman–Crippen MR) is 48.9 cm³/mol. The zero-order valence-corrected chi connectivity index (χ0v) is 6.02. The number of aromatic carboxylic acids is 2. The predicted octanol–water partition coefficient (Wildman–Crippen LogP) is 0.167. The molecule has 0 spiro atoms. The van der Waals surface area contributed by atoms with Gasteiger partial charge in [-0.3, -0.25) is 0 Å². The van der Waals surface area contributed by atoms with Crippen molar-refractivity contribution in [2.45, 2.75) is 0 Å². The summed E-state index contributed by atoms with van der Waals surface area (Å²) in [5, 5.41) is 16.9. The van der Waals surface area contributed by atoms with Crippen LogP contribution in [0.1, 0.15) is 20.7 Å². The van der Waals surface area contributed by atoms with Gasteiger partial charge >= 0.3 is 49.7 Å². The second-order valence-corrected chi connectivity index (χ2v) is 2.19. The fourth-order valence-corrected chi connectivity index (χ4v) is 0.755. The molecule has 2 N–H and O–H groups in total. The molecular weight excluding hydrogens is 200 g/mol. The van der Waals surface area contributed by atoms with Crippen LogP contribution < -0.4 is 0 Å². The number of carboxylic acids is 2.